The van der Waals surface area contributed by atoms with Gasteiger partial charge in [0.05, 0.1) is 33.4 Å². The number of carbonyl (C=O) groups is 1. The lowest BCUT2D eigenvalue weighted by Crippen LogP contribution is -2.50. The average molecular weight is 635 g/mol. The highest BCUT2D eigenvalue weighted by Crippen LogP contribution is 2.40. The summed E-state index contributed by atoms with van der Waals surface area (Å²) >= 11 is 17.7. The zero-order valence-corrected chi connectivity index (χ0v) is 26.2. The van der Waals surface area contributed by atoms with E-state index in [1.807, 2.05) is 45.9 Å². The number of aryl methyl sites for hydroxylation is 1. The molecule has 1 amide bonds. The second kappa shape index (κ2) is 13.8. The number of halogens is 5. The summed E-state index contributed by atoms with van der Waals surface area (Å²) in [7, 11) is 1.57. The fraction of sp³-hybridized carbons (Fsp3) is 0.517. The van der Waals surface area contributed by atoms with Gasteiger partial charge in [-0.05, 0) is 76.4 Å². The molecule has 3 rings (SSSR count). The Hall–Kier alpha value is -2.27. The van der Waals surface area contributed by atoms with Gasteiger partial charge < -0.3 is 19.7 Å². The van der Waals surface area contributed by atoms with Crippen LogP contribution in [0.25, 0.3) is 0 Å². The van der Waals surface area contributed by atoms with Crippen LogP contribution in [0, 0.1) is 6.92 Å². The van der Waals surface area contributed by atoms with Gasteiger partial charge in [0.2, 0.25) is 0 Å². The third kappa shape index (κ3) is 9.36. The third-order valence-corrected chi connectivity index (χ3v) is 7.87. The van der Waals surface area contributed by atoms with Crippen LogP contribution in [0.3, 0.4) is 0 Å². The van der Waals surface area contributed by atoms with Gasteiger partial charge in [0.25, 0.3) is 0 Å². The van der Waals surface area contributed by atoms with Crippen LogP contribution in [0.4, 0.5) is 23.7 Å². The predicted octanol–water partition coefficient (Wildman–Crippen LogP) is 8.19. The molecule has 41 heavy (non-hydrogen) atoms. The fourth-order valence-corrected chi connectivity index (χ4v) is 5.30. The second-order valence-electron chi connectivity index (χ2n) is 11.0. The van der Waals surface area contributed by atoms with Crippen molar-refractivity contribution in [2.75, 3.05) is 45.2 Å². The summed E-state index contributed by atoms with van der Waals surface area (Å²) in [6.45, 7) is 10.7. The van der Waals surface area contributed by atoms with Crippen molar-refractivity contribution in [1.29, 1.82) is 0 Å². The van der Waals surface area contributed by atoms with Crippen molar-refractivity contribution in [2.45, 2.75) is 58.2 Å². The number of nitrogens with zero attached hydrogens (tertiary/aromatic N) is 2. The summed E-state index contributed by atoms with van der Waals surface area (Å²) in [5, 5.41) is 2.61. The van der Waals surface area contributed by atoms with E-state index in [1.165, 1.54) is 0 Å². The highest BCUT2D eigenvalue weighted by Gasteiger charge is 2.35. The number of nitrogens with one attached hydrogen (secondary N) is 1. The van der Waals surface area contributed by atoms with Crippen LogP contribution in [0.5, 0.6) is 5.75 Å². The summed E-state index contributed by atoms with van der Waals surface area (Å²) in [4.78, 5) is 16.6. The van der Waals surface area contributed by atoms with E-state index in [1.54, 1.807) is 12.0 Å². The van der Waals surface area contributed by atoms with Crippen LogP contribution in [-0.2, 0) is 10.9 Å². The lowest BCUT2D eigenvalue weighted by molar-refractivity contribution is -0.136. The molecule has 0 aromatic heterocycles. The number of hydrogen-bond acceptors (Lipinski definition) is 5. The molecule has 1 aliphatic heterocycles. The summed E-state index contributed by atoms with van der Waals surface area (Å²) in [6, 6.07) is 7.63. The average Bonchev–Trinajstić information content (AvgIpc) is 2.87. The quantitative estimate of drug-likeness (QED) is 0.296. The zero-order valence-electron chi connectivity index (χ0n) is 23.8. The Bertz CT molecular complexity index is 1250. The lowest BCUT2D eigenvalue weighted by atomic mass is 9.92. The number of rotatable bonds is 8. The van der Waals surface area contributed by atoms with Crippen LogP contribution in [0.2, 0.25) is 10.0 Å². The standard InChI is InChI=1S/C29H36Cl2F3N3O3S/c1-18-8-9-19(15-25(18)39-5)20(26(41)35-24-17-23(31)22(30)16-21(24)29(32,33)34)7-6-10-36-11-13-37(14-12-36)27(38)40-28(2,3)4/h8-9,15-17,20H,6-7,10-14H2,1-5H3,(H,35,41). The Balaban J connectivity index is 1.73. The van der Waals surface area contributed by atoms with Gasteiger partial charge >= 0.3 is 12.3 Å². The molecule has 1 N–H and O–H groups in total. The van der Waals surface area contributed by atoms with Crippen molar-refractivity contribution < 1.29 is 27.4 Å². The number of benzene rings is 2. The van der Waals surface area contributed by atoms with Gasteiger partial charge in [-0.15, -0.1) is 0 Å². The van der Waals surface area contributed by atoms with E-state index in [2.05, 4.69) is 10.2 Å². The summed E-state index contributed by atoms with van der Waals surface area (Å²) in [6.07, 6.45) is -3.67. The minimum atomic E-state index is -4.66. The van der Waals surface area contributed by atoms with Crippen LogP contribution >= 0.6 is 35.4 Å². The smallest absolute Gasteiger partial charge is 0.418 e. The minimum Gasteiger partial charge on any atom is -0.496 e. The van der Waals surface area contributed by atoms with Crippen molar-refractivity contribution in [3.8, 4) is 5.75 Å². The molecule has 1 unspecified atom stereocenters. The molecule has 1 saturated heterocycles. The molecule has 2 aromatic carbocycles. The van der Waals surface area contributed by atoms with E-state index >= 15 is 0 Å². The molecule has 0 spiro atoms. The third-order valence-electron chi connectivity index (χ3n) is 6.77. The molecule has 12 heteroatoms. The lowest BCUT2D eigenvalue weighted by Gasteiger charge is -2.35. The number of hydrogen-bond donors (Lipinski definition) is 1. The Morgan fingerprint density at radius 2 is 1.71 bits per heavy atom. The van der Waals surface area contributed by atoms with Crippen LogP contribution in [0.15, 0.2) is 30.3 Å². The number of amides is 1. The highest BCUT2D eigenvalue weighted by atomic mass is 35.5. The molecular weight excluding hydrogens is 598 g/mol. The van der Waals surface area contributed by atoms with Crippen molar-refractivity contribution in [1.82, 2.24) is 9.80 Å². The van der Waals surface area contributed by atoms with Gasteiger partial charge in [0, 0.05) is 32.1 Å². The molecule has 0 bridgehead atoms. The molecule has 2 aromatic rings. The first kappa shape index (κ1) is 33.2. The van der Waals surface area contributed by atoms with E-state index in [9.17, 15) is 18.0 Å². The molecule has 0 radical (unpaired) electrons. The van der Waals surface area contributed by atoms with Crippen molar-refractivity contribution in [2.24, 2.45) is 0 Å². The molecular formula is C29H36Cl2F3N3O3S. The van der Waals surface area contributed by atoms with Crippen molar-refractivity contribution >= 4 is 52.2 Å². The predicted molar refractivity (Wildman–Crippen MR) is 162 cm³/mol. The number of ether oxygens (including phenoxy) is 2. The molecule has 1 heterocycles. The van der Waals surface area contributed by atoms with E-state index in [0.29, 0.717) is 38.3 Å². The van der Waals surface area contributed by atoms with Gasteiger partial charge in [-0.3, -0.25) is 4.90 Å². The first-order chi connectivity index (χ1) is 19.1. The fourth-order valence-electron chi connectivity index (χ4n) is 4.61. The minimum absolute atomic E-state index is 0.0101. The van der Waals surface area contributed by atoms with Gasteiger partial charge in [-0.2, -0.15) is 13.2 Å². The number of thiocarbonyl (C=S) groups is 1. The Morgan fingerprint density at radius 1 is 1.07 bits per heavy atom. The largest absolute Gasteiger partial charge is 0.496 e. The van der Waals surface area contributed by atoms with Gasteiger partial charge in [0.15, 0.2) is 0 Å². The van der Waals surface area contributed by atoms with Gasteiger partial charge in [-0.25, -0.2) is 4.79 Å². The molecule has 0 aliphatic carbocycles. The highest BCUT2D eigenvalue weighted by molar-refractivity contribution is 7.80. The van der Waals surface area contributed by atoms with Gasteiger partial charge in [-0.1, -0.05) is 47.6 Å². The first-order valence-corrected chi connectivity index (χ1v) is 14.5. The second-order valence-corrected chi connectivity index (χ2v) is 12.3. The maximum absolute atomic E-state index is 13.8. The zero-order chi connectivity index (χ0) is 30.5. The van der Waals surface area contributed by atoms with Crippen LogP contribution < -0.4 is 10.1 Å². The van der Waals surface area contributed by atoms with Crippen molar-refractivity contribution in [3.63, 3.8) is 0 Å². The normalized spacial score (nSPS) is 15.4. The summed E-state index contributed by atoms with van der Waals surface area (Å²) in [5.74, 6) is 0.275. The van der Waals surface area contributed by atoms with Crippen LogP contribution in [0.1, 0.15) is 56.2 Å². The Labute approximate surface area is 255 Å². The summed E-state index contributed by atoms with van der Waals surface area (Å²) < 4.78 is 52.4. The van der Waals surface area contributed by atoms with Gasteiger partial charge in [0.1, 0.15) is 11.4 Å². The van der Waals surface area contributed by atoms with E-state index in [4.69, 9.17) is 44.9 Å². The topological polar surface area (TPSA) is 54.0 Å². The molecule has 1 atom stereocenters. The SMILES string of the molecule is COc1cc(C(CCCN2CCN(C(=O)OC(C)(C)C)CC2)C(=S)Nc2cc(Cl)c(Cl)cc2C(F)(F)F)ccc1C. The van der Waals surface area contributed by atoms with E-state index in [-0.39, 0.29) is 26.8 Å². The number of anilines is 1. The van der Waals surface area contributed by atoms with Crippen LogP contribution in [-0.4, -0.2) is 66.3 Å². The van der Waals surface area contributed by atoms with E-state index < -0.39 is 23.3 Å². The monoisotopic (exact) mass is 633 g/mol. The number of methoxy groups -OCH3 is 1. The summed E-state index contributed by atoms with van der Waals surface area (Å²) in [5.41, 5.74) is 0.0116. The maximum Gasteiger partial charge on any atom is 0.418 e. The Morgan fingerprint density at radius 3 is 2.29 bits per heavy atom. The van der Waals surface area contributed by atoms with Crippen molar-refractivity contribution in [3.05, 3.63) is 57.1 Å². The molecule has 0 saturated carbocycles. The number of carbonyl (C=O) groups excluding carboxylic acids is 1. The molecule has 1 fully saturated rings. The number of alkyl halides is 3. The first-order valence-electron chi connectivity index (χ1n) is 13.3. The molecule has 6 nitrogen and oxygen atoms in total. The molecule has 1 aliphatic rings. The molecule has 226 valence electrons. The number of piperazine rings is 1. The maximum atomic E-state index is 13.8. The Kier molecular flexibility index (Phi) is 11.2. The van der Waals surface area contributed by atoms with E-state index in [0.717, 1.165) is 36.2 Å².